The average molecular weight is 605 g/mol. The lowest BCUT2D eigenvalue weighted by Gasteiger charge is -2.30. The molecule has 1 unspecified atom stereocenters. The number of ketones is 3. The summed E-state index contributed by atoms with van der Waals surface area (Å²) in [4.78, 5) is 49.6. The lowest BCUT2D eigenvalue weighted by atomic mass is 9.85. The van der Waals surface area contributed by atoms with Gasteiger partial charge >= 0.3 is 11.9 Å². The number of esters is 1. The second-order valence-electron chi connectivity index (χ2n) is 12.1. The Hall–Kier alpha value is -2.78. The summed E-state index contributed by atoms with van der Waals surface area (Å²) in [6, 6.07) is 8.62. The normalized spacial score (nSPS) is 22.8. The van der Waals surface area contributed by atoms with Crippen LogP contribution >= 0.6 is 0 Å². The summed E-state index contributed by atoms with van der Waals surface area (Å²) < 4.78 is 46.0. The first-order valence-electron chi connectivity index (χ1n) is 15.7. The SMILES string of the molecule is CC(C)CCC(F)(F)C(=O)CC[C@H]1[C@H](OC2CCCCO2)CC(=O)[C@@H]1CC=CCCCC(=O)OCC(=O)c1ccccc1. The second kappa shape index (κ2) is 17.5. The van der Waals surface area contributed by atoms with Crippen LogP contribution in [-0.4, -0.2) is 54.8 Å². The number of unbranched alkanes of at least 4 members (excludes halogenated alkanes) is 1. The molecule has 9 heteroatoms. The Labute approximate surface area is 253 Å². The molecule has 3 rings (SSSR count). The predicted octanol–water partition coefficient (Wildman–Crippen LogP) is 7.07. The number of benzene rings is 1. The van der Waals surface area contributed by atoms with Crippen LogP contribution in [0.4, 0.5) is 8.78 Å². The summed E-state index contributed by atoms with van der Waals surface area (Å²) in [7, 11) is 0. The highest BCUT2D eigenvalue weighted by molar-refractivity contribution is 5.97. The molecule has 0 bridgehead atoms. The zero-order valence-corrected chi connectivity index (χ0v) is 25.4. The standard InChI is InChI=1S/C34H46F2O7/c1-24(2)19-20-34(35,36)31(39)18-17-27-26(28(37)22-30(27)43-33-16-10-11-21-41-33)14-8-3-4-9-15-32(40)42-23-29(38)25-12-6-5-7-13-25/h3,5-8,12-13,24,26-27,30,33H,4,9-11,14-23H2,1-2H3/t26-,27-,30-,33?/m1/s1. The monoisotopic (exact) mass is 604 g/mol. The van der Waals surface area contributed by atoms with Crippen LogP contribution in [0.1, 0.15) is 101 Å². The van der Waals surface area contributed by atoms with Gasteiger partial charge in [-0.25, -0.2) is 0 Å². The number of Topliss-reactive ketones (excluding diaryl/α,β-unsaturated/α-hetero) is 3. The van der Waals surface area contributed by atoms with Crippen LogP contribution < -0.4 is 0 Å². The number of hydrogen-bond donors (Lipinski definition) is 0. The molecule has 0 N–H and O–H groups in total. The molecule has 2 aliphatic rings. The maximum absolute atomic E-state index is 14.5. The Bertz CT molecular complexity index is 1080. The number of carbonyl (C=O) groups is 4. The van der Waals surface area contributed by atoms with Gasteiger partial charge in [-0.05, 0) is 63.2 Å². The summed E-state index contributed by atoms with van der Waals surface area (Å²) in [5, 5.41) is 0. The molecule has 238 valence electrons. The van der Waals surface area contributed by atoms with E-state index in [9.17, 15) is 28.0 Å². The van der Waals surface area contributed by atoms with Crippen LogP contribution in [0.15, 0.2) is 42.5 Å². The van der Waals surface area contributed by atoms with E-state index >= 15 is 0 Å². The lowest BCUT2D eigenvalue weighted by molar-refractivity contribution is -0.196. The van der Waals surface area contributed by atoms with Crippen molar-refractivity contribution in [2.45, 2.75) is 109 Å². The first-order valence-corrected chi connectivity index (χ1v) is 15.7. The summed E-state index contributed by atoms with van der Waals surface area (Å²) in [6.07, 6.45) is 6.97. The van der Waals surface area contributed by atoms with Crippen molar-refractivity contribution in [2.75, 3.05) is 13.2 Å². The van der Waals surface area contributed by atoms with Crippen LogP contribution in [0.25, 0.3) is 0 Å². The molecular formula is C34H46F2O7. The number of ether oxygens (including phenoxy) is 3. The van der Waals surface area contributed by atoms with Crippen molar-refractivity contribution in [3.63, 3.8) is 0 Å². The fraction of sp³-hybridized carbons (Fsp3) is 0.647. The second-order valence-corrected chi connectivity index (χ2v) is 12.1. The fourth-order valence-electron chi connectivity index (χ4n) is 5.60. The molecule has 0 radical (unpaired) electrons. The van der Waals surface area contributed by atoms with E-state index in [1.165, 1.54) is 0 Å². The topological polar surface area (TPSA) is 96.0 Å². The molecule has 2 fully saturated rings. The van der Waals surface area contributed by atoms with Crippen LogP contribution in [0.3, 0.4) is 0 Å². The minimum absolute atomic E-state index is 0.00105. The average Bonchev–Trinajstić information content (AvgIpc) is 3.29. The molecule has 1 aromatic rings. The van der Waals surface area contributed by atoms with E-state index in [1.54, 1.807) is 30.3 Å². The maximum atomic E-state index is 14.5. The van der Waals surface area contributed by atoms with Gasteiger partial charge in [0, 0.05) is 43.8 Å². The van der Waals surface area contributed by atoms with Gasteiger partial charge in [-0.3, -0.25) is 19.2 Å². The van der Waals surface area contributed by atoms with Gasteiger partial charge in [-0.1, -0.05) is 56.3 Å². The minimum atomic E-state index is -3.37. The molecule has 4 atom stereocenters. The summed E-state index contributed by atoms with van der Waals surface area (Å²) in [5.74, 6) is -5.88. The van der Waals surface area contributed by atoms with E-state index in [0.29, 0.717) is 31.4 Å². The zero-order valence-electron chi connectivity index (χ0n) is 25.4. The third-order valence-electron chi connectivity index (χ3n) is 8.19. The number of carbonyl (C=O) groups excluding carboxylic acids is 4. The third kappa shape index (κ3) is 11.7. The number of rotatable bonds is 18. The quantitative estimate of drug-likeness (QED) is 0.0766. The summed E-state index contributed by atoms with van der Waals surface area (Å²) >= 11 is 0. The first kappa shape index (κ1) is 34.7. The number of allylic oxidation sites excluding steroid dienone is 2. The van der Waals surface area contributed by atoms with Crippen molar-refractivity contribution >= 4 is 23.3 Å². The van der Waals surface area contributed by atoms with Gasteiger partial charge in [0.1, 0.15) is 5.78 Å². The van der Waals surface area contributed by atoms with Crippen LogP contribution in [0.5, 0.6) is 0 Å². The largest absolute Gasteiger partial charge is 0.457 e. The summed E-state index contributed by atoms with van der Waals surface area (Å²) in [6.45, 7) is 3.98. The molecule has 1 saturated carbocycles. The molecule has 0 spiro atoms. The highest BCUT2D eigenvalue weighted by Gasteiger charge is 2.45. The van der Waals surface area contributed by atoms with Crippen LogP contribution in [0.2, 0.25) is 0 Å². The molecule has 1 saturated heterocycles. The van der Waals surface area contributed by atoms with Gasteiger partial charge in [0.15, 0.2) is 18.7 Å². The van der Waals surface area contributed by atoms with E-state index < -0.39 is 42.4 Å². The van der Waals surface area contributed by atoms with Gasteiger partial charge in [0.2, 0.25) is 5.78 Å². The Balaban J connectivity index is 1.48. The Morgan fingerprint density at radius 2 is 1.86 bits per heavy atom. The molecule has 0 amide bonds. The van der Waals surface area contributed by atoms with Gasteiger partial charge in [0.25, 0.3) is 0 Å². The van der Waals surface area contributed by atoms with E-state index in [2.05, 4.69) is 0 Å². The van der Waals surface area contributed by atoms with Crippen molar-refractivity contribution in [3.05, 3.63) is 48.0 Å². The van der Waals surface area contributed by atoms with E-state index in [-0.39, 0.29) is 62.1 Å². The van der Waals surface area contributed by atoms with Crippen LogP contribution in [-0.2, 0) is 28.6 Å². The van der Waals surface area contributed by atoms with E-state index in [4.69, 9.17) is 14.2 Å². The van der Waals surface area contributed by atoms with Gasteiger partial charge in [0.05, 0.1) is 6.10 Å². The van der Waals surface area contributed by atoms with Crippen molar-refractivity contribution in [1.82, 2.24) is 0 Å². The van der Waals surface area contributed by atoms with Gasteiger partial charge in [-0.15, -0.1) is 0 Å². The number of alkyl halides is 2. The highest BCUT2D eigenvalue weighted by atomic mass is 19.3. The molecule has 1 aromatic carbocycles. The third-order valence-corrected chi connectivity index (χ3v) is 8.19. The molecule has 0 aromatic heterocycles. The molecular weight excluding hydrogens is 558 g/mol. The maximum Gasteiger partial charge on any atom is 0.306 e. The van der Waals surface area contributed by atoms with Gasteiger partial charge < -0.3 is 14.2 Å². The molecule has 1 aliphatic carbocycles. The van der Waals surface area contributed by atoms with Crippen LogP contribution in [0, 0.1) is 17.8 Å². The number of hydrogen-bond acceptors (Lipinski definition) is 7. The molecule has 43 heavy (non-hydrogen) atoms. The molecule has 7 nitrogen and oxygen atoms in total. The smallest absolute Gasteiger partial charge is 0.306 e. The van der Waals surface area contributed by atoms with Crippen molar-refractivity contribution < 1.29 is 42.2 Å². The van der Waals surface area contributed by atoms with E-state index in [1.807, 2.05) is 26.0 Å². The minimum Gasteiger partial charge on any atom is -0.457 e. The first-order chi connectivity index (χ1) is 20.6. The Morgan fingerprint density at radius 3 is 2.56 bits per heavy atom. The highest BCUT2D eigenvalue weighted by Crippen LogP contribution is 2.39. The van der Waals surface area contributed by atoms with E-state index in [0.717, 1.165) is 19.3 Å². The Kier molecular flexibility index (Phi) is 14.1. The van der Waals surface area contributed by atoms with Crippen molar-refractivity contribution in [2.24, 2.45) is 17.8 Å². The summed E-state index contributed by atoms with van der Waals surface area (Å²) in [5.41, 5.74) is 0.487. The van der Waals surface area contributed by atoms with Crippen molar-refractivity contribution in [1.29, 1.82) is 0 Å². The number of halogens is 2. The molecule has 1 heterocycles. The Morgan fingerprint density at radius 1 is 1.09 bits per heavy atom. The van der Waals surface area contributed by atoms with Gasteiger partial charge in [-0.2, -0.15) is 8.78 Å². The molecule has 1 aliphatic heterocycles. The predicted molar refractivity (Wildman–Crippen MR) is 158 cm³/mol. The zero-order chi connectivity index (χ0) is 31.2. The fourth-order valence-corrected chi connectivity index (χ4v) is 5.60. The lowest BCUT2D eigenvalue weighted by Crippen LogP contribution is -2.33. The van der Waals surface area contributed by atoms with Crippen molar-refractivity contribution in [3.8, 4) is 0 Å².